The van der Waals surface area contributed by atoms with Crippen LogP contribution in [0.1, 0.15) is 59.0 Å². The summed E-state index contributed by atoms with van der Waals surface area (Å²) < 4.78 is 2.00. The van der Waals surface area contributed by atoms with Crippen molar-refractivity contribution in [3.8, 4) is 33.8 Å². The molecule has 0 bridgehead atoms. The van der Waals surface area contributed by atoms with Crippen LogP contribution in [0.25, 0.3) is 99.6 Å². The molecule has 12 rings (SSSR count). The van der Waals surface area contributed by atoms with Gasteiger partial charge in [-0.1, -0.05) is 38.6 Å². The van der Waals surface area contributed by atoms with Gasteiger partial charge in [-0.3, -0.25) is 24.9 Å². The van der Waals surface area contributed by atoms with Gasteiger partial charge < -0.3 is 46.4 Å². The van der Waals surface area contributed by atoms with Crippen molar-refractivity contribution in [2.24, 2.45) is 13.0 Å². The lowest BCUT2D eigenvalue weighted by molar-refractivity contribution is -0.135. The Kier molecular flexibility index (Phi) is 14.9. The average molecular weight is 1070 g/mol. The highest BCUT2D eigenvalue weighted by Crippen LogP contribution is 2.33. The molecular weight excluding hydrogens is 1010 g/mol. The topological polar surface area (TPSA) is 322 Å². The minimum absolute atomic E-state index is 0.0183. The molecule has 23 heteroatoms. The number of H-pyrrole nitrogens is 5. The number of carbonyl (C=O) groups excluding carboxylic acids is 2. The molecule has 0 radical (unpaired) electrons. The summed E-state index contributed by atoms with van der Waals surface area (Å²) in [5.74, 6) is 3.60. The number of hydrogen-bond donors (Lipinski definition) is 8. The molecule has 0 unspecified atom stereocenters. The summed E-state index contributed by atoms with van der Waals surface area (Å²) in [5.41, 5.74) is 31.3. The van der Waals surface area contributed by atoms with Gasteiger partial charge in [0.25, 0.3) is 0 Å². The molecule has 0 saturated carbocycles. The SMILES string of the molecule is C=CN(CC)Cc1nc2c([nH]1)c(N)nc1cc(-c3ccn[nH]3)ccc12.CCN(Cc1nc2c(N)nc3cc(-c4ccn[nH]4)ccc3c2n1C)C(C)=O.CCN(Cc1nc2c([nH]1)c(N)nc1cc(-c3ccn[nH]3)ccc12)C(=O)C(C)C. The number of hydrogen-bond acceptors (Lipinski definition) is 15. The standard InChI is InChI=1S/C20H23N7O.C19H21N7O.C18H19N7/c1-4-27(20(28)11(2)3)10-16-24-17-13-6-5-12(14-7-8-22-26-14)9-15(13)23-19(21)18(17)25-16;1-4-26(11(2)27)10-16-23-17-18(25(16)3)13-6-5-12(14-7-8-21-24-14)9-15(13)22-19(17)20;1-3-25(4-2)10-15-22-16-12-6-5-11(13-7-8-20-24-13)9-14(12)21-18(19)17(16)23-15/h5-9,11H,4,10H2,1-3H3,(H2,21,23)(H,22,26)(H,24,25);5-9H,4,10H2,1-3H3,(H2,20,22)(H,21,24);3,5-9H,1,4,10H2,2H3,(H2,19,21)(H,20,24)(H,22,23). The van der Waals surface area contributed by atoms with Gasteiger partial charge in [-0.2, -0.15) is 15.3 Å². The molecule has 0 fully saturated rings. The van der Waals surface area contributed by atoms with Crippen LogP contribution in [0.2, 0.25) is 0 Å². The van der Waals surface area contributed by atoms with E-state index in [0.29, 0.717) is 67.0 Å². The Bertz CT molecular complexity index is 4190. The van der Waals surface area contributed by atoms with Gasteiger partial charge in [0, 0.05) is 91.0 Å². The normalized spacial score (nSPS) is 11.4. The van der Waals surface area contributed by atoms with Crippen LogP contribution in [-0.4, -0.2) is 121 Å². The molecule has 0 atom stereocenters. The fourth-order valence-corrected chi connectivity index (χ4v) is 9.71. The molecule has 0 aliphatic heterocycles. The van der Waals surface area contributed by atoms with E-state index in [-0.39, 0.29) is 17.7 Å². The highest BCUT2D eigenvalue weighted by Gasteiger charge is 2.21. The Hall–Kier alpha value is -10.2. The summed E-state index contributed by atoms with van der Waals surface area (Å²) in [6.45, 7) is 18.8. The third kappa shape index (κ3) is 10.5. The van der Waals surface area contributed by atoms with E-state index in [1.807, 2.05) is 118 Å². The minimum atomic E-state index is -0.0576. The maximum atomic E-state index is 12.4. The van der Waals surface area contributed by atoms with Crippen molar-refractivity contribution >= 4 is 95.1 Å². The van der Waals surface area contributed by atoms with Crippen LogP contribution in [0.4, 0.5) is 17.5 Å². The molecule has 2 amide bonds. The Morgan fingerprint density at radius 2 is 1.05 bits per heavy atom. The molecule has 0 aliphatic rings. The highest BCUT2D eigenvalue weighted by molar-refractivity contribution is 6.09. The number of rotatable bonds is 14. The van der Waals surface area contributed by atoms with Gasteiger partial charge in [-0.25, -0.2) is 29.9 Å². The molecule has 23 nitrogen and oxygen atoms in total. The molecule has 0 spiro atoms. The van der Waals surface area contributed by atoms with Gasteiger partial charge in [0.2, 0.25) is 11.8 Å². The lowest BCUT2D eigenvalue weighted by atomic mass is 10.1. The van der Waals surface area contributed by atoms with Crippen molar-refractivity contribution in [1.82, 2.24) is 89.7 Å². The number of benzene rings is 3. The summed E-state index contributed by atoms with van der Waals surface area (Å²) in [5, 5.41) is 23.7. The lowest BCUT2D eigenvalue weighted by Gasteiger charge is -2.21. The molecule has 80 heavy (non-hydrogen) atoms. The van der Waals surface area contributed by atoms with Crippen molar-refractivity contribution in [3.63, 3.8) is 0 Å². The first-order chi connectivity index (χ1) is 38.7. The lowest BCUT2D eigenvalue weighted by Crippen LogP contribution is -2.33. The Balaban J connectivity index is 0.000000135. The van der Waals surface area contributed by atoms with Crippen molar-refractivity contribution in [1.29, 1.82) is 0 Å². The second-order valence-electron chi connectivity index (χ2n) is 19.5. The van der Waals surface area contributed by atoms with E-state index >= 15 is 0 Å². The minimum Gasteiger partial charge on any atom is -0.382 e. The number of nitrogens with two attached hydrogens (primary N) is 3. The summed E-state index contributed by atoms with van der Waals surface area (Å²) >= 11 is 0. The number of imidazole rings is 3. The number of anilines is 3. The Labute approximate surface area is 459 Å². The molecule has 11 N–H and O–H groups in total. The highest BCUT2D eigenvalue weighted by atomic mass is 16.2. The Morgan fingerprint density at radius 3 is 1.48 bits per heavy atom. The molecule has 3 aromatic carbocycles. The van der Waals surface area contributed by atoms with Crippen molar-refractivity contribution in [2.45, 2.75) is 61.2 Å². The van der Waals surface area contributed by atoms with Crippen LogP contribution in [0.5, 0.6) is 0 Å². The smallest absolute Gasteiger partial charge is 0.225 e. The summed E-state index contributed by atoms with van der Waals surface area (Å²) in [6.07, 6.45) is 6.96. The fraction of sp³-hybridized carbons (Fsp3) is 0.246. The Morgan fingerprint density at radius 1 is 0.588 bits per heavy atom. The molecular formula is C57H63N21O2. The van der Waals surface area contributed by atoms with Gasteiger partial charge in [0.05, 0.1) is 58.8 Å². The summed E-state index contributed by atoms with van der Waals surface area (Å²) in [4.78, 5) is 64.1. The number of carbonyl (C=O) groups is 2. The average Bonchev–Trinajstić information content (AvgIpc) is 4.41. The van der Waals surface area contributed by atoms with Crippen molar-refractivity contribution in [3.05, 3.63) is 122 Å². The van der Waals surface area contributed by atoms with Gasteiger partial charge in [-0.15, -0.1) is 0 Å². The second kappa shape index (κ2) is 22.4. The number of amides is 2. The number of nitrogens with one attached hydrogen (secondary N) is 5. The molecule has 0 aliphatic carbocycles. The van der Waals surface area contributed by atoms with E-state index in [1.165, 1.54) is 0 Å². The van der Waals surface area contributed by atoms with Crippen LogP contribution in [0.15, 0.2) is 104 Å². The number of pyridine rings is 3. The van der Waals surface area contributed by atoms with E-state index in [1.54, 1.807) is 35.3 Å². The second-order valence-corrected chi connectivity index (χ2v) is 19.5. The summed E-state index contributed by atoms with van der Waals surface area (Å²) in [7, 11) is 1.94. The first kappa shape index (κ1) is 53.2. The number of nitrogen functional groups attached to an aromatic ring is 3. The van der Waals surface area contributed by atoms with Gasteiger partial charge >= 0.3 is 0 Å². The molecule has 0 saturated heterocycles. The monoisotopic (exact) mass is 1070 g/mol. The molecule has 408 valence electrons. The predicted molar refractivity (Wildman–Crippen MR) is 314 cm³/mol. The number of aryl methyl sites for hydroxylation is 1. The summed E-state index contributed by atoms with van der Waals surface area (Å²) in [6, 6.07) is 23.8. The van der Waals surface area contributed by atoms with Gasteiger partial charge in [0.1, 0.15) is 56.7 Å². The molecule has 9 heterocycles. The van der Waals surface area contributed by atoms with Crippen molar-refractivity contribution in [2.75, 3.05) is 36.8 Å². The number of aromatic amines is 5. The van der Waals surface area contributed by atoms with Crippen LogP contribution in [0, 0.1) is 5.92 Å². The maximum absolute atomic E-state index is 12.4. The quantitative estimate of drug-likeness (QED) is 0.0505. The van der Waals surface area contributed by atoms with Gasteiger partial charge in [0.15, 0.2) is 5.82 Å². The van der Waals surface area contributed by atoms with E-state index in [2.05, 4.69) is 78.9 Å². The third-order valence-electron chi connectivity index (χ3n) is 14.1. The largest absolute Gasteiger partial charge is 0.382 e. The van der Waals surface area contributed by atoms with Crippen molar-refractivity contribution < 1.29 is 9.59 Å². The van der Waals surface area contributed by atoms with Crippen LogP contribution >= 0.6 is 0 Å². The van der Waals surface area contributed by atoms with E-state index in [4.69, 9.17) is 27.2 Å². The fourth-order valence-electron chi connectivity index (χ4n) is 9.71. The maximum Gasteiger partial charge on any atom is 0.225 e. The zero-order chi connectivity index (χ0) is 56.4. The predicted octanol–water partition coefficient (Wildman–Crippen LogP) is 8.60. The zero-order valence-corrected chi connectivity index (χ0v) is 45.6. The van der Waals surface area contributed by atoms with Crippen LogP contribution in [0.3, 0.4) is 0 Å². The first-order valence-corrected chi connectivity index (χ1v) is 26.3. The number of fused-ring (bicyclic) bond motifs is 9. The number of nitrogens with zero attached hydrogens (tertiary/aromatic N) is 13. The van der Waals surface area contributed by atoms with E-state index in [0.717, 1.165) is 107 Å². The van der Waals surface area contributed by atoms with Crippen LogP contribution < -0.4 is 17.2 Å². The van der Waals surface area contributed by atoms with E-state index < -0.39 is 0 Å². The zero-order valence-electron chi connectivity index (χ0n) is 45.6. The molecule has 9 aromatic heterocycles. The number of aromatic nitrogens is 15. The first-order valence-electron chi connectivity index (χ1n) is 26.3. The molecule has 12 aromatic rings. The van der Waals surface area contributed by atoms with Gasteiger partial charge in [-0.05, 0) is 81.6 Å². The van der Waals surface area contributed by atoms with E-state index in [9.17, 15) is 9.59 Å². The third-order valence-corrected chi connectivity index (χ3v) is 14.1. The van der Waals surface area contributed by atoms with Crippen LogP contribution in [-0.2, 0) is 36.3 Å².